The van der Waals surface area contributed by atoms with Gasteiger partial charge >= 0.3 is 0 Å². The van der Waals surface area contributed by atoms with Crippen molar-refractivity contribution in [3.63, 3.8) is 0 Å². The summed E-state index contributed by atoms with van der Waals surface area (Å²) in [6.07, 6.45) is 0. The highest BCUT2D eigenvalue weighted by Crippen LogP contribution is 2.31. The van der Waals surface area contributed by atoms with E-state index in [2.05, 4.69) is 10.3 Å². The van der Waals surface area contributed by atoms with Crippen molar-refractivity contribution in [2.24, 2.45) is 4.99 Å². The Hall–Kier alpha value is -2.38. The molecule has 0 aromatic heterocycles. The topological polar surface area (TPSA) is 61.8 Å². The van der Waals surface area contributed by atoms with Crippen LogP contribution >= 0.6 is 23.4 Å². The third-order valence-corrected chi connectivity index (χ3v) is 5.04. The van der Waals surface area contributed by atoms with Gasteiger partial charge in [-0.3, -0.25) is 19.5 Å². The van der Waals surface area contributed by atoms with E-state index in [4.69, 9.17) is 11.6 Å². The molecule has 0 saturated heterocycles. The van der Waals surface area contributed by atoms with Crippen molar-refractivity contribution in [3.05, 3.63) is 59.4 Å². The summed E-state index contributed by atoms with van der Waals surface area (Å²) in [6, 6.07) is 12.6. The van der Waals surface area contributed by atoms with Gasteiger partial charge in [0.1, 0.15) is 12.4 Å². The Labute approximate surface area is 159 Å². The summed E-state index contributed by atoms with van der Waals surface area (Å²) in [5, 5.41) is 2.93. The molecule has 1 atom stereocenters. The summed E-state index contributed by atoms with van der Waals surface area (Å²) in [5.41, 5.74) is 0.899. The second-order valence-corrected chi connectivity index (χ2v) is 7.25. The average Bonchev–Trinajstić information content (AvgIpc) is 2.95. The lowest BCUT2D eigenvalue weighted by atomic mass is 10.3. The molecule has 0 radical (unpaired) electrons. The lowest BCUT2D eigenvalue weighted by Gasteiger charge is -2.21. The maximum atomic E-state index is 13.2. The van der Waals surface area contributed by atoms with E-state index in [9.17, 15) is 14.0 Å². The van der Waals surface area contributed by atoms with Gasteiger partial charge in [-0.15, -0.1) is 0 Å². The molecule has 2 aromatic rings. The first-order chi connectivity index (χ1) is 12.5. The number of benzene rings is 2. The number of para-hydroxylation sites is 1. The van der Waals surface area contributed by atoms with Crippen LogP contribution in [0.25, 0.3) is 0 Å². The number of thioether (sulfide) groups is 1. The Morgan fingerprint density at radius 1 is 1.31 bits per heavy atom. The number of nitrogens with zero attached hydrogens (tertiary/aromatic N) is 2. The van der Waals surface area contributed by atoms with E-state index in [1.807, 2.05) is 0 Å². The molecule has 1 heterocycles. The van der Waals surface area contributed by atoms with Gasteiger partial charge in [0.15, 0.2) is 5.17 Å². The highest BCUT2D eigenvalue weighted by molar-refractivity contribution is 8.15. The summed E-state index contributed by atoms with van der Waals surface area (Å²) in [4.78, 5) is 30.2. The summed E-state index contributed by atoms with van der Waals surface area (Å²) >= 11 is 7.33. The maximum absolute atomic E-state index is 13.2. The monoisotopic (exact) mass is 391 g/mol. The maximum Gasteiger partial charge on any atom is 0.254 e. The molecule has 1 N–H and O–H groups in total. The van der Waals surface area contributed by atoms with Gasteiger partial charge < -0.3 is 5.32 Å². The van der Waals surface area contributed by atoms with Crippen LogP contribution in [0.3, 0.4) is 0 Å². The van der Waals surface area contributed by atoms with Gasteiger partial charge in [-0.1, -0.05) is 41.6 Å². The predicted molar refractivity (Wildman–Crippen MR) is 103 cm³/mol. The Morgan fingerprint density at radius 3 is 2.81 bits per heavy atom. The zero-order valence-corrected chi connectivity index (χ0v) is 15.4. The Bertz CT molecular complexity index is 890. The van der Waals surface area contributed by atoms with E-state index in [0.717, 1.165) is 11.8 Å². The summed E-state index contributed by atoms with van der Waals surface area (Å²) < 4.78 is 13.2. The molecule has 0 bridgehead atoms. The molecule has 0 saturated carbocycles. The number of rotatable bonds is 4. The molecule has 1 aliphatic rings. The molecule has 0 unspecified atom stereocenters. The van der Waals surface area contributed by atoms with E-state index in [0.29, 0.717) is 21.6 Å². The number of anilines is 2. The van der Waals surface area contributed by atoms with Crippen molar-refractivity contribution in [3.8, 4) is 0 Å². The second kappa shape index (κ2) is 7.88. The van der Waals surface area contributed by atoms with E-state index in [1.54, 1.807) is 37.3 Å². The van der Waals surface area contributed by atoms with E-state index in [1.165, 1.54) is 23.1 Å². The summed E-state index contributed by atoms with van der Waals surface area (Å²) in [7, 11) is 0. The van der Waals surface area contributed by atoms with Crippen LogP contribution in [0.2, 0.25) is 5.02 Å². The van der Waals surface area contributed by atoms with Crippen molar-refractivity contribution in [1.82, 2.24) is 0 Å². The Kier molecular flexibility index (Phi) is 5.58. The smallest absolute Gasteiger partial charge is 0.254 e. The lowest BCUT2D eigenvalue weighted by Crippen LogP contribution is -2.33. The summed E-state index contributed by atoms with van der Waals surface area (Å²) in [6.45, 7) is 1.70. The van der Waals surface area contributed by atoms with E-state index in [-0.39, 0.29) is 18.4 Å². The van der Waals surface area contributed by atoms with Crippen molar-refractivity contribution < 1.29 is 14.0 Å². The van der Waals surface area contributed by atoms with Crippen LogP contribution in [0.5, 0.6) is 0 Å². The Morgan fingerprint density at radius 2 is 2.08 bits per heavy atom. The molecule has 3 rings (SSSR count). The number of hydrogen-bond donors (Lipinski definition) is 1. The molecule has 1 aliphatic heterocycles. The van der Waals surface area contributed by atoms with Gasteiger partial charge in [-0.2, -0.15) is 0 Å². The molecular weight excluding hydrogens is 377 g/mol. The quantitative estimate of drug-likeness (QED) is 0.858. The zero-order chi connectivity index (χ0) is 18.7. The second-order valence-electron chi connectivity index (χ2n) is 5.54. The van der Waals surface area contributed by atoms with Gasteiger partial charge in [-0.05, 0) is 37.3 Å². The minimum atomic E-state index is -0.548. The highest BCUT2D eigenvalue weighted by Gasteiger charge is 2.31. The summed E-state index contributed by atoms with van der Waals surface area (Å²) in [5.74, 6) is -0.959. The minimum absolute atomic E-state index is 0.00575. The molecule has 0 aliphatic carbocycles. The number of amidine groups is 1. The minimum Gasteiger partial charge on any atom is -0.325 e. The third kappa shape index (κ3) is 4.05. The first-order valence-corrected chi connectivity index (χ1v) is 9.06. The molecule has 5 nitrogen and oxygen atoms in total. The van der Waals surface area contributed by atoms with Gasteiger partial charge in [0.2, 0.25) is 5.91 Å². The fourth-order valence-corrected chi connectivity index (χ4v) is 3.51. The molecule has 134 valence electrons. The molecule has 0 fully saturated rings. The van der Waals surface area contributed by atoms with Crippen LogP contribution in [-0.4, -0.2) is 28.8 Å². The largest absolute Gasteiger partial charge is 0.325 e. The van der Waals surface area contributed by atoms with Crippen molar-refractivity contribution >= 4 is 51.7 Å². The number of aliphatic imine (C=N–C) groups is 1. The Balaban J connectivity index is 1.71. The standard InChI is InChI=1S/C18H15ClFN3O2S/c1-11(17(25)22-13-6-4-5-12(20)9-13)26-18-21-10-16(24)23(18)15-8-3-2-7-14(15)19/h2-9,11H,10H2,1H3,(H,22,25)/t11-/m1/s1. The number of carbonyl (C=O) groups is 2. The zero-order valence-electron chi connectivity index (χ0n) is 13.8. The van der Waals surface area contributed by atoms with Crippen LogP contribution in [0, 0.1) is 5.82 Å². The van der Waals surface area contributed by atoms with Gasteiger partial charge in [0.25, 0.3) is 5.91 Å². The first-order valence-electron chi connectivity index (χ1n) is 7.80. The first kappa shape index (κ1) is 18.4. The predicted octanol–water partition coefficient (Wildman–Crippen LogP) is 3.94. The van der Waals surface area contributed by atoms with E-state index >= 15 is 0 Å². The van der Waals surface area contributed by atoms with Crippen molar-refractivity contribution in [2.75, 3.05) is 16.8 Å². The van der Waals surface area contributed by atoms with Crippen LogP contribution in [-0.2, 0) is 9.59 Å². The number of nitrogens with one attached hydrogen (secondary N) is 1. The van der Waals surface area contributed by atoms with Crippen molar-refractivity contribution in [1.29, 1.82) is 0 Å². The molecule has 2 aromatic carbocycles. The third-order valence-electron chi connectivity index (χ3n) is 3.63. The molecular formula is C18H15ClFN3O2S. The fraction of sp³-hybridized carbons (Fsp3) is 0.167. The number of amides is 2. The molecule has 8 heteroatoms. The van der Waals surface area contributed by atoms with Crippen LogP contribution in [0.15, 0.2) is 53.5 Å². The van der Waals surface area contributed by atoms with Gasteiger partial charge in [0.05, 0.1) is 16.0 Å². The van der Waals surface area contributed by atoms with Crippen LogP contribution < -0.4 is 10.2 Å². The van der Waals surface area contributed by atoms with Gasteiger partial charge in [-0.25, -0.2) is 4.39 Å². The molecule has 26 heavy (non-hydrogen) atoms. The highest BCUT2D eigenvalue weighted by atomic mass is 35.5. The number of carbonyl (C=O) groups excluding carboxylic acids is 2. The average molecular weight is 392 g/mol. The normalized spacial score (nSPS) is 15.0. The van der Waals surface area contributed by atoms with Crippen LogP contribution in [0.4, 0.5) is 15.8 Å². The van der Waals surface area contributed by atoms with Crippen molar-refractivity contribution in [2.45, 2.75) is 12.2 Å². The lowest BCUT2D eigenvalue weighted by molar-refractivity contribution is -0.116. The number of halogens is 2. The van der Waals surface area contributed by atoms with Gasteiger partial charge in [0, 0.05) is 5.69 Å². The fourth-order valence-electron chi connectivity index (χ4n) is 2.37. The SMILES string of the molecule is C[C@@H](SC1=NCC(=O)N1c1ccccc1Cl)C(=O)Nc1cccc(F)c1. The van der Waals surface area contributed by atoms with E-state index < -0.39 is 11.1 Å². The molecule has 2 amide bonds. The molecule has 0 spiro atoms. The van der Waals surface area contributed by atoms with Crippen LogP contribution in [0.1, 0.15) is 6.92 Å². The number of hydrogen-bond acceptors (Lipinski definition) is 4.